The van der Waals surface area contributed by atoms with Gasteiger partial charge < -0.3 is 19.9 Å². The van der Waals surface area contributed by atoms with Crippen LogP contribution in [0.15, 0.2) is 24.3 Å². The minimum absolute atomic E-state index is 0.112. The summed E-state index contributed by atoms with van der Waals surface area (Å²) in [5.41, 5.74) is 0.439. The molecule has 0 spiro atoms. The van der Waals surface area contributed by atoms with Crippen molar-refractivity contribution in [2.24, 2.45) is 11.8 Å². The molecule has 0 heterocycles. The van der Waals surface area contributed by atoms with Crippen molar-refractivity contribution >= 4 is 11.9 Å². The van der Waals surface area contributed by atoms with Crippen LogP contribution < -0.4 is 10.1 Å². The van der Waals surface area contributed by atoms with Crippen molar-refractivity contribution in [1.82, 2.24) is 5.32 Å². The lowest BCUT2D eigenvalue weighted by Gasteiger charge is -2.15. The number of hydrogen-bond acceptors (Lipinski definition) is 4. The van der Waals surface area contributed by atoms with E-state index < -0.39 is 11.9 Å². The van der Waals surface area contributed by atoms with Gasteiger partial charge >= 0.3 is 5.97 Å². The van der Waals surface area contributed by atoms with E-state index in [0.717, 1.165) is 0 Å². The molecule has 2 N–H and O–H groups in total. The molecule has 0 aromatic heterocycles. The van der Waals surface area contributed by atoms with E-state index in [-0.39, 0.29) is 18.4 Å². The lowest BCUT2D eigenvalue weighted by Crippen LogP contribution is -2.33. The molecule has 0 fully saturated rings. The first-order valence-electron chi connectivity index (χ1n) is 7.66. The second kappa shape index (κ2) is 9.84. The van der Waals surface area contributed by atoms with Gasteiger partial charge in [0, 0.05) is 19.2 Å². The Morgan fingerprint density at radius 3 is 2.61 bits per heavy atom. The molecule has 6 heteroatoms. The summed E-state index contributed by atoms with van der Waals surface area (Å²) in [4.78, 5) is 23.4. The molecule has 6 nitrogen and oxygen atoms in total. The van der Waals surface area contributed by atoms with E-state index in [0.29, 0.717) is 30.9 Å². The Morgan fingerprint density at radius 2 is 2.00 bits per heavy atom. The average Bonchev–Trinajstić information content (AvgIpc) is 2.51. The quantitative estimate of drug-likeness (QED) is 0.645. The summed E-state index contributed by atoms with van der Waals surface area (Å²) in [5, 5.41) is 11.9. The fraction of sp³-hybridized carbons (Fsp3) is 0.529. The lowest BCUT2D eigenvalue weighted by molar-refractivity contribution is -0.142. The number of benzene rings is 1. The number of aliphatic carboxylic acids is 1. The molecule has 0 saturated heterocycles. The summed E-state index contributed by atoms with van der Waals surface area (Å²) in [6, 6.07) is 6.77. The summed E-state index contributed by atoms with van der Waals surface area (Å²) in [6.45, 7) is 4.89. The molecule has 1 rings (SSSR count). The number of carboxylic acid groups (broad SMARTS) is 1. The minimum atomic E-state index is -0.893. The predicted octanol–water partition coefficient (Wildman–Crippen LogP) is 2.19. The molecule has 1 amide bonds. The molecule has 0 bridgehead atoms. The zero-order valence-corrected chi connectivity index (χ0v) is 13.9. The van der Waals surface area contributed by atoms with Gasteiger partial charge in [0.05, 0.1) is 12.5 Å². The number of carbonyl (C=O) groups is 2. The van der Waals surface area contributed by atoms with E-state index in [1.807, 2.05) is 13.8 Å². The highest BCUT2D eigenvalue weighted by atomic mass is 16.5. The van der Waals surface area contributed by atoms with E-state index in [1.54, 1.807) is 31.4 Å². The maximum absolute atomic E-state index is 12.2. The van der Waals surface area contributed by atoms with Gasteiger partial charge in [-0.1, -0.05) is 19.9 Å². The second-order valence-electron chi connectivity index (χ2n) is 5.74. The lowest BCUT2D eigenvalue weighted by atomic mass is 9.97. The van der Waals surface area contributed by atoms with E-state index >= 15 is 0 Å². The van der Waals surface area contributed by atoms with Gasteiger partial charge in [-0.15, -0.1) is 0 Å². The average molecular weight is 323 g/mol. The van der Waals surface area contributed by atoms with Crippen LogP contribution in [0, 0.1) is 11.8 Å². The first kappa shape index (κ1) is 19.0. The van der Waals surface area contributed by atoms with Crippen LogP contribution in [0.25, 0.3) is 0 Å². The van der Waals surface area contributed by atoms with Crippen LogP contribution >= 0.6 is 0 Å². The van der Waals surface area contributed by atoms with Crippen LogP contribution in [0.1, 0.15) is 30.6 Å². The first-order valence-corrected chi connectivity index (χ1v) is 7.66. The third kappa shape index (κ3) is 7.15. The molecule has 0 aliphatic carbocycles. The van der Waals surface area contributed by atoms with Gasteiger partial charge in [0.15, 0.2) is 0 Å². The molecule has 1 atom stereocenters. The minimum Gasteiger partial charge on any atom is -0.491 e. The highest BCUT2D eigenvalue weighted by Crippen LogP contribution is 2.14. The van der Waals surface area contributed by atoms with E-state index in [9.17, 15) is 14.7 Å². The van der Waals surface area contributed by atoms with Crippen LogP contribution in [0.4, 0.5) is 0 Å². The summed E-state index contributed by atoms with van der Waals surface area (Å²) < 4.78 is 10.4. The van der Waals surface area contributed by atoms with Crippen LogP contribution in [-0.2, 0) is 9.53 Å². The number of rotatable bonds is 10. The van der Waals surface area contributed by atoms with E-state index in [4.69, 9.17) is 9.47 Å². The third-order valence-electron chi connectivity index (χ3n) is 3.27. The van der Waals surface area contributed by atoms with Gasteiger partial charge in [-0.05, 0) is 30.5 Å². The Labute approximate surface area is 136 Å². The Kier molecular flexibility index (Phi) is 8.11. The molecule has 1 aromatic carbocycles. The summed E-state index contributed by atoms with van der Waals surface area (Å²) in [7, 11) is 1.59. The van der Waals surface area contributed by atoms with Crippen molar-refractivity contribution in [2.45, 2.75) is 20.3 Å². The Balaban J connectivity index is 2.59. The topological polar surface area (TPSA) is 84.9 Å². The second-order valence-corrected chi connectivity index (χ2v) is 5.74. The molecule has 128 valence electrons. The normalized spacial score (nSPS) is 12.0. The van der Waals surface area contributed by atoms with Crippen molar-refractivity contribution in [2.75, 3.05) is 26.9 Å². The Bertz CT molecular complexity index is 515. The van der Waals surface area contributed by atoms with Gasteiger partial charge in [-0.3, -0.25) is 9.59 Å². The van der Waals surface area contributed by atoms with Crippen molar-refractivity contribution in [3.63, 3.8) is 0 Å². The Hall–Kier alpha value is -2.08. The number of carboxylic acids is 1. The molecular formula is C17H25NO5. The highest BCUT2D eigenvalue weighted by Gasteiger charge is 2.20. The summed E-state index contributed by atoms with van der Waals surface area (Å²) in [6.07, 6.45) is 0.524. The fourth-order valence-electron chi connectivity index (χ4n) is 2.13. The molecule has 0 saturated carbocycles. The SMILES string of the molecule is COCCOc1cccc(C(=O)NCC(CC(C)C)C(=O)O)c1. The third-order valence-corrected chi connectivity index (χ3v) is 3.27. The first-order chi connectivity index (χ1) is 10.9. The fourth-order valence-corrected chi connectivity index (χ4v) is 2.13. The molecule has 0 aliphatic rings. The van der Waals surface area contributed by atoms with E-state index in [2.05, 4.69) is 5.32 Å². The standard InChI is InChI=1S/C17H25NO5/c1-12(2)9-14(17(20)21)11-18-16(19)13-5-4-6-15(10-13)23-8-7-22-3/h4-6,10,12,14H,7-9,11H2,1-3H3,(H,18,19)(H,20,21). The smallest absolute Gasteiger partial charge is 0.308 e. The van der Waals surface area contributed by atoms with Crippen LogP contribution in [0.5, 0.6) is 5.75 Å². The van der Waals surface area contributed by atoms with Crippen LogP contribution in [0.2, 0.25) is 0 Å². The molecule has 1 aromatic rings. The number of amides is 1. The van der Waals surface area contributed by atoms with Crippen molar-refractivity contribution < 1.29 is 24.2 Å². The van der Waals surface area contributed by atoms with Crippen molar-refractivity contribution in [3.8, 4) is 5.75 Å². The summed E-state index contributed by atoms with van der Waals surface area (Å²) in [5.74, 6) is -0.954. The highest BCUT2D eigenvalue weighted by molar-refractivity contribution is 5.94. The number of ether oxygens (including phenoxy) is 2. The van der Waals surface area contributed by atoms with E-state index in [1.165, 1.54) is 0 Å². The van der Waals surface area contributed by atoms with Crippen LogP contribution in [-0.4, -0.2) is 43.9 Å². The zero-order chi connectivity index (χ0) is 17.2. The number of methoxy groups -OCH3 is 1. The maximum Gasteiger partial charge on any atom is 0.308 e. The largest absolute Gasteiger partial charge is 0.491 e. The predicted molar refractivity (Wildman–Crippen MR) is 86.7 cm³/mol. The zero-order valence-electron chi connectivity index (χ0n) is 13.9. The van der Waals surface area contributed by atoms with Crippen LogP contribution in [0.3, 0.4) is 0 Å². The van der Waals surface area contributed by atoms with Crippen molar-refractivity contribution in [3.05, 3.63) is 29.8 Å². The van der Waals surface area contributed by atoms with Gasteiger partial charge in [0.2, 0.25) is 0 Å². The monoisotopic (exact) mass is 323 g/mol. The van der Waals surface area contributed by atoms with Gasteiger partial charge in [-0.25, -0.2) is 0 Å². The maximum atomic E-state index is 12.2. The molecule has 0 radical (unpaired) electrons. The summed E-state index contributed by atoms with van der Waals surface area (Å²) >= 11 is 0. The van der Waals surface area contributed by atoms with Gasteiger partial charge in [0.1, 0.15) is 12.4 Å². The number of nitrogens with one attached hydrogen (secondary N) is 1. The molecule has 0 aliphatic heterocycles. The molecule has 1 unspecified atom stereocenters. The van der Waals surface area contributed by atoms with Crippen molar-refractivity contribution in [1.29, 1.82) is 0 Å². The number of carbonyl (C=O) groups excluding carboxylic acids is 1. The van der Waals surface area contributed by atoms with Gasteiger partial charge in [-0.2, -0.15) is 0 Å². The van der Waals surface area contributed by atoms with Gasteiger partial charge in [0.25, 0.3) is 5.91 Å². The Morgan fingerprint density at radius 1 is 1.26 bits per heavy atom. The molecule has 23 heavy (non-hydrogen) atoms. The molecular weight excluding hydrogens is 298 g/mol. The number of hydrogen-bond donors (Lipinski definition) is 2.